The largest absolute Gasteiger partial charge is 0.480 e. The number of hydrogen-bond donors (Lipinski definition) is 2. The Labute approximate surface area is 123 Å². The molecule has 1 amide bonds. The van der Waals surface area contributed by atoms with Gasteiger partial charge in [-0.15, -0.1) is 0 Å². The van der Waals surface area contributed by atoms with Gasteiger partial charge in [-0.05, 0) is 18.2 Å². The van der Waals surface area contributed by atoms with Crippen molar-refractivity contribution in [1.82, 2.24) is 9.78 Å². The molecule has 2 N–H and O–H groups in total. The summed E-state index contributed by atoms with van der Waals surface area (Å²) < 4.78 is 29.6. The van der Waals surface area contributed by atoms with E-state index in [1.54, 1.807) is 0 Å². The number of ether oxygens (including phenoxy) is 1. The van der Waals surface area contributed by atoms with Gasteiger partial charge in [0.25, 0.3) is 5.91 Å². The third-order valence-corrected chi connectivity index (χ3v) is 2.50. The van der Waals surface area contributed by atoms with Crippen LogP contribution in [0.2, 0.25) is 0 Å². The maximum atomic E-state index is 12.1. The number of rotatable bonds is 6. The number of amides is 1. The van der Waals surface area contributed by atoms with Crippen LogP contribution in [-0.2, 0) is 11.3 Å². The molecular weight excluding hydrogens is 300 g/mol. The molecule has 0 aliphatic heterocycles. The SMILES string of the molecule is O=C(O)Cn1ccc(NC(=O)c2cccc(OC(F)F)c2)n1. The lowest BCUT2D eigenvalue weighted by Crippen LogP contribution is -2.14. The Kier molecular flexibility index (Phi) is 4.66. The van der Waals surface area contributed by atoms with E-state index in [9.17, 15) is 18.4 Å². The van der Waals surface area contributed by atoms with E-state index in [-0.39, 0.29) is 23.7 Å². The minimum atomic E-state index is -2.98. The minimum Gasteiger partial charge on any atom is -0.480 e. The zero-order chi connectivity index (χ0) is 16.1. The molecule has 0 spiro atoms. The molecule has 0 atom stereocenters. The molecular formula is C13H11F2N3O4. The molecule has 0 unspecified atom stereocenters. The molecule has 1 aromatic heterocycles. The van der Waals surface area contributed by atoms with Crippen LogP contribution in [0.25, 0.3) is 0 Å². The predicted molar refractivity (Wildman–Crippen MR) is 70.9 cm³/mol. The molecule has 0 radical (unpaired) electrons. The van der Waals surface area contributed by atoms with Crippen LogP contribution in [-0.4, -0.2) is 33.4 Å². The molecule has 0 fully saturated rings. The second-order valence-electron chi connectivity index (χ2n) is 4.15. The summed E-state index contributed by atoms with van der Waals surface area (Å²) in [4.78, 5) is 22.5. The third-order valence-electron chi connectivity index (χ3n) is 2.50. The average Bonchev–Trinajstić information content (AvgIpc) is 2.84. The van der Waals surface area contributed by atoms with Crippen LogP contribution in [0.5, 0.6) is 5.75 Å². The summed E-state index contributed by atoms with van der Waals surface area (Å²) in [6.07, 6.45) is 1.39. The smallest absolute Gasteiger partial charge is 0.387 e. The van der Waals surface area contributed by atoms with E-state index >= 15 is 0 Å². The maximum Gasteiger partial charge on any atom is 0.387 e. The highest BCUT2D eigenvalue weighted by Crippen LogP contribution is 2.17. The van der Waals surface area contributed by atoms with E-state index in [0.717, 1.165) is 10.7 Å². The molecule has 0 saturated heterocycles. The van der Waals surface area contributed by atoms with E-state index in [4.69, 9.17) is 5.11 Å². The number of hydrogen-bond acceptors (Lipinski definition) is 4. The second kappa shape index (κ2) is 6.66. The zero-order valence-electron chi connectivity index (χ0n) is 11.1. The van der Waals surface area contributed by atoms with Crippen molar-refractivity contribution in [3.05, 3.63) is 42.1 Å². The van der Waals surface area contributed by atoms with Gasteiger partial charge in [-0.3, -0.25) is 14.3 Å². The van der Waals surface area contributed by atoms with Crippen LogP contribution < -0.4 is 10.1 Å². The summed E-state index contributed by atoms with van der Waals surface area (Å²) in [6.45, 7) is -3.32. The van der Waals surface area contributed by atoms with E-state index in [1.165, 1.54) is 30.5 Å². The number of aromatic nitrogens is 2. The van der Waals surface area contributed by atoms with Crippen molar-refractivity contribution in [2.24, 2.45) is 0 Å². The van der Waals surface area contributed by atoms with Crippen molar-refractivity contribution < 1.29 is 28.2 Å². The highest BCUT2D eigenvalue weighted by atomic mass is 19.3. The number of carbonyl (C=O) groups is 2. The number of nitrogens with one attached hydrogen (secondary N) is 1. The third kappa shape index (κ3) is 4.27. The number of nitrogens with zero attached hydrogens (tertiary/aromatic N) is 2. The van der Waals surface area contributed by atoms with Crippen LogP contribution in [0.3, 0.4) is 0 Å². The van der Waals surface area contributed by atoms with Crippen molar-refractivity contribution in [2.75, 3.05) is 5.32 Å². The highest BCUT2D eigenvalue weighted by Gasteiger charge is 2.11. The Morgan fingerprint density at radius 2 is 2.14 bits per heavy atom. The van der Waals surface area contributed by atoms with Crippen molar-refractivity contribution in [3.8, 4) is 5.75 Å². The highest BCUT2D eigenvalue weighted by molar-refractivity contribution is 6.03. The fourth-order valence-electron chi connectivity index (χ4n) is 1.66. The quantitative estimate of drug-likeness (QED) is 0.849. The van der Waals surface area contributed by atoms with Gasteiger partial charge in [0.1, 0.15) is 12.3 Å². The maximum absolute atomic E-state index is 12.1. The van der Waals surface area contributed by atoms with Crippen LogP contribution in [0, 0.1) is 0 Å². The van der Waals surface area contributed by atoms with Crippen LogP contribution in [0.4, 0.5) is 14.6 Å². The van der Waals surface area contributed by atoms with Gasteiger partial charge in [0.05, 0.1) is 0 Å². The molecule has 7 nitrogen and oxygen atoms in total. The predicted octanol–water partition coefficient (Wildman–Crippen LogP) is 1.82. The Hall–Kier alpha value is -2.97. The number of carbonyl (C=O) groups excluding carboxylic acids is 1. The molecule has 0 bridgehead atoms. The van der Waals surface area contributed by atoms with Gasteiger partial charge in [0.15, 0.2) is 5.82 Å². The van der Waals surface area contributed by atoms with Gasteiger partial charge < -0.3 is 15.2 Å². The van der Waals surface area contributed by atoms with Crippen LogP contribution >= 0.6 is 0 Å². The number of aliphatic carboxylic acids is 1. The molecule has 0 aliphatic carbocycles. The minimum absolute atomic E-state index is 0.103. The molecule has 1 heterocycles. The number of benzene rings is 1. The van der Waals surface area contributed by atoms with E-state index in [0.29, 0.717) is 0 Å². The standard InChI is InChI=1S/C13H11F2N3O4/c14-13(15)22-9-3-1-2-8(6-9)12(21)16-10-4-5-18(17-10)7-11(19)20/h1-6,13H,7H2,(H,19,20)(H,16,17,21). The van der Waals surface area contributed by atoms with Crippen molar-refractivity contribution in [3.63, 3.8) is 0 Å². The van der Waals surface area contributed by atoms with E-state index < -0.39 is 18.5 Å². The normalized spacial score (nSPS) is 10.5. The molecule has 116 valence electrons. The molecule has 22 heavy (non-hydrogen) atoms. The summed E-state index contributed by atoms with van der Waals surface area (Å²) >= 11 is 0. The van der Waals surface area contributed by atoms with Crippen LogP contribution in [0.1, 0.15) is 10.4 Å². The first-order valence-electron chi connectivity index (χ1n) is 6.05. The lowest BCUT2D eigenvalue weighted by molar-refractivity contribution is -0.137. The number of carboxylic acid groups (broad SMARTS) is 1. The fourth-order valence-corrected chi connectivity index (χ4v) is 1.66. The Balaban J connectivity index is 2.05. The van der Waals surface area contributed by atoms with Gasteiger partial charge in [-0.25, -0.2) is 0 Å². The van der Waals surface area contributed by atoms with Gasteiger partial charge in [-0.2, -0.15) is 13.9 Å². The number of halogens is 2. The Morgan fingerprint density at radius 1 is 1.36 bits per heavy atom. The Bertz CT molecular complexity index is 687. The lowest BCUT2D eigenvalue weighted by Gasteiger charge is -2.06. The summed E-state index contributed by atoms with van der Waals surface area (Å²) in [5.41, 5.74) is 0.103. The summed E-state index contributed by atoms with van der Waals surface area (Å²) in [7, 11) is 0. The second-order valence-corrected chi connectivity index (χ2v) is 4.15. The summed E-state index contributed by atoms with van der Waals surface area (Å²) in [6, 6.07) is 6.69. The molecule has 0 saturated carbocycles. The first-order chi connectivity index (χ1) is 10.4. The topological polar surface area (TPSA) is 93.5 Å². The number of alkyl halides is 2. The molecule has 9 heteroatoms. The molecule has 2 rings (SSSR count). The zero-order valence-corrected chi connectivity index (χ0v) is 11.1. The summed E-state index contributed by atoms with van der Waals surface area (Å²) in [5, 5.41) is 14.9. The molecule has 0 aliphatic rings. The van der Waals surface area contributed by atoms with Gasteiger partial charge in [0, 0.05) is 17.8 Å². The van der Waals surface area contributed by atoms with Gasteiger partial charge in [-0.1, -0.05) is 6.07 Å². The number of anilines is 1. The van der Waals surface area contributed by atoms with Crippen LogP contribution in [0.15, 0.2) is 36.5 Å². The summed E-state index contributed by atoms with van der Waals surface area (Å²) in [5.74, 6) is -1.65. The first kappa shape index (κ1) is 15.4. The van der Waals surface area contributed by atoms with Crippen molar-refractivity contribution >= 4 is 17.7 Å². The first-order valence-corrected chi connectivity index (χ1v) is 6.05. The average molecular weight is 311 g/mol. The van der Waals surface area contributed by atoms with E-state index in [2.05, 4.69) is 15.2 Å². The number of carboxylic acids is 1. The monoisotopic (exact) mass is 311 g/mol. The van der Waals surface area contributed by atoms with Crippen molar-refractivity contribution in [1.29, 1.82) is 0 Å². The van der Waals surface area contributed by atoms with Gasteiger partial charge in [0.2, 0.25) is 0 Å². The van der Waals surface area contributed by atoms with Crippen molar-refractivity contribution in [2.45, 2.75) is 13.2 Å². The van der Waals surface area contributed by atoms with Gasteiger partial charge >= 0.3 is 12.6 Å². The molecule has 1 aromatic carbocycles. The van der Waals surface area contributed by atoms with E-state index in [1.807, 2.05) is 0 Å². The Morgan fingerprint density at radius 3 is 2.82 bits per heavy atom. The molecule has 2 aromatic rings. The lowest BCUT2D eigenvalue weighted by atomic mass is 10.2. The fraction of sp³-hybridized carbons (Fsp3) is 0.154.